The van der Waals surface area contributed by atoms with Crippen molar-refractivity contribution in [1.29, 1.82) is 0 Å². The topological polar surface area (TPSA) is 9.23 Å². The van der Waals surface area contributed by atoms with Crippen LogP contribution in [0.5, 0.6) is 5.75 Å². The molecule has 0 atom stereocenters. The smallest absolute Gasteiger partial charge is 0.397 e. The fraction of sp³-hybridized carbons (Fsp3) is 0.600. The van der Waals surface area contributed by atoms with Crippen molar-refractivity contribution in [3.8, 4) is 16.9 Å². The van der Waals surface area contributed by atoms with Crippen molar-refractivity contribution in [2.45, 2.75) is 96.5 Å². The standard InChI is InChI=1S/C30H36F6O/c1-3-19-8-10-21(11-9-19)22-12-13-23(27(32)26(22)31)24-14-15-25(29(34)28(24)33)37-30(35,36)17-16-20-6-4-18(2)5-7-20/h12-15,18-21H,3-11,16-17H2,1-2H3. The molecule has 0 N–H and O–H groups in total. The normalized spacial score (nSPS) is 24.8. The number of ether oxygens (including phenoxy) is 1. The van der Waals surface area contributed by atoms with Gasteiger partial charge in [-0.2, -0.15) is 13.2 Å². The Balaban J connectivity index is 1.47. The lowest BCUT2D eigenvalue weighted by Gasteiger charge is -2.28. The molecule has 0 bridgehead atoms. The van der Waals surface area contributed by atoms with Gasteiger partial charge in [0, 0.05) is 11.1 Å². The van der Waals surface area contributed by atoms with Gasteiger partial charge in [-0.15, -0.1) is 0 Å². The van der Waals surface area contributed by atoms with Crippen LogP contribution in [0.1, 0.15) is 96.0 Å². The van der Waals surface area contributed by atoms with Crippen LogP contribution in [0, 0.1) is 41.0 Å². The molecule has 7 heteroatoms. The van der Waals surface area contributed by atoms with E-state index in [1.165, 1.54) is 12.1 Å². The first-order valence-electron chi connectivity index (χ1n) is 13.6. The zero-order valence-electron chi connectivity index (χ0n) is 21.6. The van der Waals surface area contributed by atoms with E-state index in [4.69, 9.17) is 0 Å². The van der Waals surface area contributed by atoms with Crippen LogP contribution in [0.2, 0.25) is 0 Å². The largest absolute Gasteiger partial charge is 0.429 e. The second-order valence-electron chi connectivity index (χ2n) is 11.1. The molecule has 204 valence electrons. The maximum atomic E-state index is 15.0. The Morgan fingerprint density at radius 1 is 0.730 bits per heavy atom. The first-order valence-corrected chi connectivity index (χ1v) is 13.6. The zero-order chi connectivity index (χ0) is 26.7. The lowest BCUT2D eigenvalue weighted by molar-refractivity contribution is -0.185. The van der Waals surface area contributed by atoms with Gasteiger partial charge >= 0.3 is 6.11 Å². The molecule has 2 aromatic rings. The summed E-state index contributed by atoms with van der Waals surface area (Å²) in [6, 6.07) is 4.46. The Morgan fingerprint density at radius 3 is 1.92 bits per heavy atom. The third-order valence-corrected chi connectivity index (χ3v) is 8.55. The molecule has 0 saturated heterocycles. The molecular formula is C30H36F6O. The van der Waals surface area contributed by atoms with Crippen molar-refractivity contribution in [3.05, 3.63) is 53.1 Å². The number of alkyl halides is 2. The molecule has 0 aliphatic heterocycles. The SMILES string of the molecule is CCC1CCC(c2ccc(-c3ccc(OC(F)(F)CCC4CCC(C)CC4)c(F)c3F)c(F)c2F)CC1. The summed E-state index contributed by atoms with van der Waals surface area (Å²) in [5.74, 6) is -5.26. The molecule has 0 radical (unpaired) electrons. The van der Waals surface area contributed by atoms with Gasteiger partial charge in [-0.05, 0) is 73.5 Å². The zero-order valence-corrected chi connectivity index (χ0v) is 21.6. The van der Waals surface area contributed by atoms with Gasteiger partial charge in [0.2, 0.25) is 5.82 Å². The first kappa shape index (κ1) is 27.8. The maximum absolute atomic E-state index is 15.0. The number of hydrogen-bond acceptors (Lipinski definition) is 1. The molecule has 0 heterocycles. The molecule has 2 aliphatic rings. The fourth-order valence-corrected chi connectivity index (χ4v) is 5.99. The minimum atomic E-state index is -3.67. The molecule has 0 spiro atoms. The van der Waals surface area contributed by atoms with Gasteiger partial charge in [-0.1, -0.05) is 58.1 Å². The predicted molar refractivity (Wildman–Crippen MR) is 133 cm³/mol. The van der Waals surface area contributed by atoms with Gasteiger partial charge in [0.25, 0.3) is 0 Å². The van der Waals surface area contributed by atoms with Crippen LogP contribution >= 0.6 is 0 Å². The van der Waals surface area contributed by atoms with Crippen LogP contribution in [-0.2, 0) is 0 Å². The Kier molecular flexibility index (Phi) is 8.80. The summed E-state index contributed by atoms with van der Waals surface area (Å²) in [7, 11) is 0. The van der Waals surface area contributed by atoms with Gasteiger partial charge in [-0.25, -0.2) is 13.2 Å². The van der Waals surface area contributed by atoms with Gasteiger partial charge < -0.3 is 4.74 Å². The van der Waals surface area contributed by atoms with Crippen molar-refractivity contribution in [3.63, 3.8) is 0 Å². The van der Waals surface area contributed by atoms with Crippen LogP contribution in [0.25, 0.3) is 11.1 Å². The molecule has 0 aromatic heterocycles. The summed E-state index contributed by atoms with van der Waals surface area (Å²) < 4.78 is 93.1. The summed E-state index contributed by atoms with van der Waals surface area (Å²) in [6.45, 7) is 4.25. The number of rotatable bonds is 8. The summed E-state index contributed by atoms with van der Waals surface area (Å²) in [6.07, 6.45) is 4.13. The van der Waals surface area contributed by atoms with Crippen LogP contribution in [0.4, 0.5) is 26.3 Å². The van der Waals surface area contributed by atoms with E-state index in [9.17, 15) is 22.0 Å². The highest BCUT2D eigenvalue weighted by atomic mass is 19.3. The van der Waals surface area contributed by atoms with E-state index < -0.39 is 52.7 Å². The molecule has 37 heavy (non-hydrogen) atoms. The molecular weight excluding hydrogens is 490 g/mol. The maximum Gasteiger partial charge on any atom is 0.397 e. The first-order chi connectivity index (χ1) is 17.6. The molecule has 4 rings (SSSR count). The van der Waals surface area contributed by atoms with E-state index in [0.717, 1.165) is 69.9 Å². The average Bonchev–Trinajstić information content (AvgIpc) is 2.89. The third-order valence-electron chi connectivity index (χ3n) is 8.55. The van der Waals surface area contributed by atoms with E-state index in [1.54, 1.807) is 0 Å². The summed E-state index contributed by atoms with van der Waals surface area (Å²) in [4.78, 5) is 0. The van der Waals surface area contributed by atoms with E-state index in [0.29, 0.717) is 11.8 Å². The van der Waals surface area contributed by atoms with Crippen molar-refractivity contribution < 1.29 is 31.1 Å². The number of benzene rings is 2. The summed E-state index contributed by atoms with van der Waals surface area (Å²) in [5, 5.41) is 0. The molecule has 2 saturated carbocycles. The van der Waals surface area contributed by atoms with Crippen LogP contribution in [0.15, 0.2) is 24.3 Å². The molecule has 2 aliphatic carbocycles. The molecule has 0 unspecified atom stereocenters. The van der Waals surface area contributed by atoms with E-state index in [2.05, 4.69) is 18.6 Å². The van der Waals surface area contributed by atoms with Crippen molar-refractivity contribution in [2.75, 3.05) is 0 Å². The fourth-order valence-electron chi connectivity index (χ4n) is 5.99. The predicted octanol–water partition coefficient (Wildman–Crippen LogP) is 10.2. The summed E-state index contributed by atoms with van der Waals surface area (Å²) >= 11 is 0. The van der Waals surface area contributed by atoms with Crippen LogP contribution in [-0.4, -0.2) is 6.11 Å². The highest BCUT2D eigenvalue weighted by Gasteiger charge is 2.35. The lowest BCUT2D eigenvalue weighted by Crippen LogP contribution is -2.27. The Bertz CT molecular complexity index is 1070. The second kappa shape index (κ2) is 11.7. The van der Waals surface area contributed by atoms with Crippen molar-refractivity contribution >= 4 is 0 Å². The van der Waals surface area contributed by atoms with Gasteiger partial charge in [0.1, 0.15) is 0 Å². The highest BCUT2D eigenvalue weighted by Crippen LogP contribution is 2.41. The number of hydrogen-bond donors (Lipinski definition) is 0. The van der Waals surface area contributed by atoms with Crippen molar-refractivity contribution in [2.24, 2.45) is 17.8 Å². The molecule has 2 fully saturated rings. The van der Waals surface area contributed by atoms with Gasteiger partial charge in [0.05, 0.1) is 6.42 Å². The van der Waals surface area contributed by atoms with Gasteiger partial charge in [0.15, 0.2) is 23.2 Å². The minimum absolute atomic E-state index is 0.122. The Morgan fingerprint density at radius 2 is 1.30 bits per heavy atom. The molecule has 0 amide bonds. The monoisotopic (exact) mass is 526 g/mol. The third kappa shape index (κ3) is 6.46. The Labute approximate surface area is 215 Å². The number of halogens is 6. The van der Waals surface area contributed by atoms with E-state index >= 15 is 4.39 Å². The quantitative estimate of drug-likeness (QED) is 0.311. The summed E-state index contributed by atoms with van der Waals surface area (Å²) in [5.41, 5.74) is -0.754. The Hall–Kier alpha value is -2.18. The highest BCUT2D eigenvalue weighted by molar-refractivity contribution is 5.66. The average molecular weight is 527 g/mol. The van der Waals surface area contributed by atoms with Crippen LogP contribution in [0.3, 0.4) is 0 Å². The lowest BCUT2D eigenvalue weighted by atomic mass is 9.77. The molecule has 1 nitrogen and oxygen atoms in total. The second-order valence-corrected chi connectivity index (χ2v) is 11.1. The van der Waals surface area contributed by atoms with Crippen molar-refractivity contribution in [1.82, 2.24) is 0 Å². The minimum Gasteiger partial charge on any atom is -0.429 e. The van der Waals surface area contributed by atoms with E-state index in [-0.39, 0.29) is 23.8 Å². The van der Waals surface area contributed by atoms with E-state index in [1.807, 2.05) is 0 Å². The molecule has 2 aromatic carbocycles. The van der Waals surface area contributed by atoms with Gasteiger partial charge in [-0.3, -0.25) is 0 Å². The van der Waals surface area contributed by atoms with Crippen LogP contribution < -0.4 is 4.74 Å².